The summed E-state index contributed by atoms with van der Waals surface area (Å²) < 4.78 is 4.46. The van der Waals surface area contributed by atoms with Crippen LogP contribution in [0.25, 0.3) is 0 Å². The predicted octanol–water partition coefficient (Wildman–Crippen LogP) is 0.106. The van der Waals surface area contributed by atoms with Crippen molar-refractivity contribution in [3.8, 4) is 0 Å². The molecule has 0 saturated carbocycles. The van der Waals surface area contributed by atoms with Crippen LogP contribution in [0.5, 0.6) is 0 Å². The van der Waals surface area contributed by atoms with E-state index >= 15 is 0 Å². The highest BCUT2D eigenvalue weighted by molar-refractivity contribution is 5.85. The lowest BCUT2D eigenvalue weighted by molar-refractivity contribution is -0.141. The normalized spacial score (nSPS) is 11.7. The Kier molecular flexibility index (Phi) is 5.87. The van der Waals surface area contributed by atoms with Gasteiger partial charge in [-0.15, -0.1) is 0 Å². The first-order valence-corrected chi connectivity index (χ1v) is 5.73. The number of carbonyl (C=O) groups is 2. The maximum atomic E-state index is 11.8. The Morgan fingerprint density at radius 1 is 1.28 bits per heavy atom. The van der Waals surface area contributed by atoms with E-state index in [0.29, 0.717) is 6.42 Å². The van der Waals surface area contributed by atoms with E-state index in [-0.39, 0.29) is 18.5 Å². The van der Waals surface area contributed by atoms with Crippen molar-refractivity contribution in [2.24, 2.45) is 0 Å². The van der Waals surface area contributed by atoms with Crippen molar-refractivity contribution in [2.75, 3.05) is 20.7 Å². The Bertz CT molecular complexity index is 392. The van der Waals surface area contributed by atoms with Gasteiger partial charge in [0, 0.05) is 0 Å². The number of likely N-dealkylation sites (N-methyl/N-ethyl adjacent to an activating group) is 1. The Hall–Kier alpha value is -1.88. The molecule has 2 N–H and O–H groups in total. The summed E-state index contributed by atoms with van der Waals surface area (Å²) in [6, 6.07) is 9.32. The molecule has 1 amide bonds. The van der Waals surface area contributed by atoms with Crippen LogP contribution in [0.4, 0.5) is 0 Å². The van der Waals surface area contributed by atoms with Crippen molar-refractivity contribution in [1.82, 2.24) is 10.6 Å². The van der Waals surface area contributed by atoms with Crippen LogP contribution < -0.4 is 10.6 Å². The molecule has 0 saturated heterocycles. The molecule has 0 heterocycles. The monoisotopic (exact) mass is 250 g/mol. The number of benzene rings is 1. The number of ether oxygens (including phenoxy) is 1. The molecule has 1 aromatic carbocycles. The number of carbonyl (C=O) groups excluding carboxylic acids is 2. The van der Waals surface area contributed by atoms with E-state index in [1.807, 2.05) is 30.3 Å². The van der Waals surface area contributed by atoms with E-state index < -0.39 is 5.97 Å². The molecule has 0 fully saturated rings. The first-order chi connectivity index (χ1) is 8.67. The number of hydrogen-bond donors (Lipinski definition) is 2. The molecule has 0 aliphatic heterocycles. The molecular weight excluding hydrogens is 232 g/mol. The van der Waals surface area contributed by atoms with Crippen LogP contribution in [0.3, 0.4) is 0 Å². The van der Waals surface area contributed by atoms with Gasteiger partial charge in [0.05, 0.1) is 13.2 Å². The molecule has 0 radical (unpaired) electrons. The van der Waals surface area contributed by atoms with Crippen LogP contribution >= 0.6 is 0 Å². The minimum Gasteiger partial charge on any atom is -0.468 e. The minimum absolute atomic E-state index is 0.109. The second-order valence-electron chi connectivity index (χ2n) is 3.82. The van der Waals surface area contributed by atoms with Gasteiger partial charge in [0.25, 0.3) is 0 Å². The number of hydrogen-bond acceptors (Lipinski definition) is 4. The van der Waals surface area contributed by atoms with Crippen molar-refractivity contribution >= 4 is 11.9 Å². The van der Waals surface area contributed by atoms with Gasteiger partial charge in [-0.05, 0) is 19.0 Å². The highest BCUT2D eigenvalue weighted by atomic mass is 16.5. The fourth-order valence-electron chi connectivity index (χ4n) is 1.53. The van der Waals surface area contributed by atoms with Crippen LogP contribution in [-0.4, -0.2) is 38.6 Å². The zero-order valence-electron chi connectivity index (χ0n) is 10.6. The van der Waals surface area contributed by atoms with Gasteiger partial charge in [0.15, 0.2) is 0 Å². The van der Waals surface area contributed by atoms with Gasteiger partial charge in [-0.3, -0.25) is 9.59 Å². The molecule has 0 aliphatic carbocycles. The van der Waals surface area contributed by atoms with Crippen LogP contribution in [0.1, 0.15) is 5.56 Å². The SMILES string of the molecule is CN[C@@H](Cc1ccccc1)C(=O)NCC(=O)OC. The zero-order valence-corrected chi connectivity index (χ0v) is 10.6. The number of esters is 1. The van der Waals surface area contributed by atoms with Crippen LogP contribution in [0, 0.1) is 0 Å². The van der Waals surface area contributed by atoms with Crippen molar-refractivity contribution < 1.29 is 14.3 Å². The number of methoxy groups -OCH3 is 1. The molecule has 1 aromatic rings. The predicted molar refractivity (Wildman–Crippen MR) is 68.0 cm³/mol. The summed E-state index contributed by atoms with van der Waals surface area (Å²) in [5.74, 6) is -0.676. The smallest absolute Gasteiger partial charge is 0.325 e. The molecule has 0 spiro atoms. The molecule has 0 aliphatic rings. The molecule has 0 bridgehead atoms. The lowest BCUT2D eigenvalue weighted by Crippen LogP contribution is -2.45. The van der Waals surface area contributed by atoms with Gasteiger partial charge in [0.1, 0.15) is 6.54 Å². The molecule has 1 rings (SSSR count). The van der Waals surface area contributed by atoms with E-state index in [1.54, 1.807) is 7.05 Å². The van der Waals surface area contributed by atoms with Crippen LogP contribution in [-0.2, 0) is 20.7 Å². The second kappa shape index (κ2) is 7.45. The van der Waals surface area contributed by atoms with Crippen LogP contribution in [0.15, 0.2) is 30.3 Å². The fraction of sp³-hybridized carbons (Fsp3) is 0.385. The van der Waals surface area contributed by atoms with E-state index in [9.17, 15) is 9.59 Å². The molecular formula is C13H18N2O3. The summed E-state index contributed by atoms with van der Waals surface area (Å²) in [6.07, 6.45) is 0.574. The van der Waals surface area contributed by atoms with Gasteiger partial charge in [-0.25, -0.2) is 0 Å². The molecule has 5 nitrogen and oxygen atoms in total. The second-order valence-corrected chi connectivity index (χ2v) is 3.82. The number of amides is 1. The molecule has 18 heavy (non-hydrogen) atoms. The Labute approximate surface area is 107 Å². The van der Waals surface area contributed by atoms with Gasteiger partial charge >= 0.3 is 5.97 Å². The summed E-state index contributed by atoms with van der Waals surface area (Å²) in [6.45, 7) is -0.109. The van der Waals surface area contributed by atoms with Gasteiger partial charge in [0.2, 0.25) is 5.91 Å². The molecule has 98 valence electrons. The number of nitrogens with one attached hydrogen (secondary N) is 2. The lowest BCUT2D eigenvalue weighted by atomic mass is 10.1. The zero-order chi connectivity index (χ0) is 13.4. The Morgan fingerprint density at radius 2 is 1.94 bits per heavy atom. The van der Waals surface area contributed by atoms with Crippen molar-refractivity contribution in [1.29, 1.82) is 0 Å². The summed E-state index contributed by atoms with van der Waals surface area (Å²) in [5.41, 5.74) is 1.06. The quantitative estimate of drug-likeness (QED) is 0.703. The van der Waals surface area contributed by atoms with Gasteiger partial charge < -0.3 is 15.4 Å². The Balaban J connectivity index is 2.50. The first-order valence-electron chi connectivity index (χ1n) is 5.73. The third kappa shape index (κ3) is 4.55. The highest BCUT2D eigenvalue weighted by Gasteiger charge is 2.17. The summed E-state index contributed by atoms with van der Waals surface area (Å²) in [7, 11) is 3.00. The topological polar surface area (TPSA) is 67.4 Å². The average molecular weight is 250 g/mol. The van der Waals surface area contributed by atoms with Gasteiger partial charge in [-0.2, -0.15) is 0 Å². The Morgan fingerprint density at radius 3 is 2.50 bits per heavy atom. The molecule has 1 atom stereocenters. The fourth-order valence-corrected chi connectivity index (χ4v) is 1.53. The largest absolute Gasteiger partial charge is 0.468 e. The van der Waals surface area contributed by atoms with Crippen LogP contribution in [0.2, 0.25) is 0 Å². The van der Waals surface area contributed by atoms with Crippen molar-refractivity contribution in [3.63, 3.8) is 0 Å². The maximum Gasteiger partial charge on any atom is 0.325 e. The first kappa shape index (κ1) is 14.2. The minimum atomic E-state index is -0.460. The average Bonchev–Trinajstić information content (AvgIpc) is 2.42. The van der Waals surface area contributed by atoms with Gasteiger partial charge in [-0.1, -0.05) is 30.3 Å². The standard InChI is InChI=1S/C13H18N2O3/c1-14-11(8-10-6-4-3-5-7-10)13(17)15-9-12(16)18-2/h3-7,11,14H,8-9H2,1-2H3,(H,15,17)/t11-/m0/s1. The van der Waals surface area contributed by atoms with E-state index in [4.69, 9.17) is 0 Å². The highest BCUT2D eigenvalue weighted by Crippen LogP contribution is 2.02. The summed E-state index contributed by atoms with van der Waals surface area (Å²) in [4.78, 5) is 22.7. The number of rotatable bonds is 6. The van der Waals surface area contributed by atoms with E-state index in [1.165, 1.54) is 7.11 Å². The van der Waals surface area contributed by atoms with Crippen molar-refractivity contribution in [3.05, 3.63) is 35.9 Å². The third-order valence-electron chi connectivity index (χ3n) is 2.58. The maximum absolute atomic E-state index is 11.8. The molecule has 0 aromatic heterocycles. The third-order valence-corrected chi connectivity index (χ3v) is 2.58. The molecule has 5 heteroatoms. The van der Waals surface area contributed by atoms with E-state index in [0.717, 1.165) is 5.56 Å². The summed E-state index contributed by atoms with van der Waals surface area (Å²) >= 11 is 0. The summed E-state index contributed by atoms with van der Waals surface area (Å²) in [5, 5.41) is 5.46. The lowest BCUT2D eigenvalue weighted by Gasteiger charge is -2.15. The van der Waals surface area contributed by atoms with E-state index in [2.05, 4.69) is 15.4 Å². The molecule has 0 unspecified atom stereocenters. The van der Waals surface area contributed by atoms with Crippen molar-refractivity contribution in [2.45, 2.75) is 12.5 Å².